The number of aromatic nitrogens is 2. The molecular weight excluding hydrogens is 340 g/mol. The molecule has 0 bridgehead atoms. The number of para-hydroxylation sites is 1. The molecule has 0 unspecified atom stereocenters. The Morgan fingerprint density at radius 3 is 2.79 bits per heavy atom. The van der Waals surface area contributed by atoms with Crippen LogP contribution in [0.15, 0.2) is 28.6 Å². The molecule has 0 spiro atoms. The highest BCUT2D eigenvalue weighted by molar-refractivity contribution is 8.02. The predicted molar refractivity (Wildman–Crippen MR) is 100 cm³/mol. The van der Waals surface area contributed by atoms with Crippen molar-refractivity contribution >= 4 is 39.8 Å². The molecule has 1 aliphatic carbocycles. The Labute approximate surface area is 150 Å². The standard InChI is InChI=1S/C17H22N4OS2/c1-11-7-3-6-10-14(11)19-16-20-21-17(24-16)23-12(2)15(22)18-13-8-4-5-9-13/h3,6-7,10,12-13H,4-5,8-9H2,1-2H3,(H,18,22)(H,19,20)/t12-/m1/s1. The van der Waals surface area contributed by atoms with Crippen molar-refractivity contribution in [3.63, 3.8) is 0 Å². The van der Waals surface area contributed by atoms with Crippen molar-refractivity contribution in [1.82, 2.24) is 15.5 Å². The summed E-state index contributed by atoms with van der Waals surface area (Å²) in [6.45, 7) is 3.97. The first-order valence-corrected chi connectivity index (χ1v) is 9.94. The number of benzene rings is 1. The van der Waals surface area contributed by atoms with Crippen LogP contribution in [0.3, 0.4) is 0 Å². The number of nitrogens with one attached hydrogen (secondary N) is 2. The van der Waals surface area contributed by atoms with E-state index in [1.165, 1.54) is 35.9 Å². The van der Waals surface area contributed by atoms with Crippen LogP contribution in [0.2, 0.25) is 0 Å². The maximum absolute atomic E-state index is 12.3. The Hall–Kier alpha value is -1.60. The molecule has 1 aromatic heterocycles. The van der Waals surface area contributed by atoms with E-state index in [4.69, 9.17) is 0 Å². The number of carbonyl (C=O) groups is 1. The summed E-state index contributed by atoms with van der Waals surface area (Å²) in [6.07, 6.45) is 4.65. The zero-order valence-corrected chi connectivity index (χ0v) is 15.5. The average Bonchev–Trinajstić information content (AvgIpc) is 3.22. The molecule has 128 valence electrons. The summed E-state index contributed by atoms with van der Waals surface area (Å²) in [5, 5.41) is 15.4. The quantitative estimate of drug-likeness (QED) is 0.756. The second kappa shape index (κ2) is 7.98. The molecule has 7 heteroatoms. The van der Waals surface area contributed by atoms with E-state index in [2.05, 4.69) is 33.8 Å². The Morgan fingerprint density at radius 2 is 2.04 bits per heavy atom. The molecule has 1 aromatic carbocycles. The number of thioether (sulfide) groups is 1. The number of anilines is 2. The summed E-state index contributed by atoms with van der Waals surface area (Å²) in [7, 11) is 0. The van der Waals surface area contributed by atoms with Crippen LogP contribution < -0.4 is 10.6 Å². The molecule has 1 fully saturated rings. The lowest BCUT2D eigenvalue weighted by Crippen LogP contribution is -2.37. The minimum atomic E-state index is -0.162. The van der Waals surface area contributed by atoms with Crippen molar-refractivity contribution in [2.45, 2.75) is 55.2 Å². The number of hydrogen-bond donors (Lipinski definition) is 2. The van der Waals surface area contributed by atoms with E-state index < -0.39 is 0 Å². The predicted octanol–water partition coefficient (Wildman–Crippen LogP) is 4.13. The minimum absolute atomic E-state index is 0.0931. The van der Waals surface area contributed by atoms with Gasteiger partial charge in [0.25, 0.3) is 0 Å². The molecule has 2 aromatic rings. The number of amides is 1. The summed E-state index contributed by atoms with van der Waals surface area (Å²) in [5.41, 5.74) is 2.18. The molecule has 24 heavy (non-hydrogen) atoms. The monoisotopic (exact) mass is 362 g/mol. The molecule has 5 nitrogen and oxygen atoms in total. The normalized spacial score (nSPS) is 16.1. The van der Waals surface area contributed by atoms with Crippen LogP contribution in [-0.4, -0.2) is 27.4 Å². The van der Waals surface area contributed by atoms with Gasteiger partial charge in [-0.05, 0) is 38.3 Å². The van der Waals surface area contributed by atoms with Gasteiger partial charge in [0, 0.05) is 11.7 Å². The van der Waals surface area contributed by atoms with E-state index in [-0.39, 0.29) is 11.2 Å². The van der Waals surface area contributed by atoms with Gasteiger partial charge in [0.15, 0.2) is 4.34 Å². The number of nitrogens with zero attached hydrogens (tertiary/aromatic N) is 2. The molecule has 1 amide bonds. The van der Waals surface area contributed by atoms with Gasteiger partial charge < -0.3 is 10.6 Å². The average molecular weight is 363 g/mol. The summed E-state index contributed by atoms with van der Waals surface area (Å²) in [4.78, 5) is 12.3. The smallest absolute Gasteiger partial charge is 0.233 e. The summed E-state index contributed by atoms with van der Waals surface area (Å²) >= 11 is 2.94. The fourth-order valence-corrected chi connectivity index (χ4v) is 4.65. The largest absolute Gasteiger partial charge is 0.352 e. The van der Waals surface area contributed by atoms with Gasteiger partial charge in [-0.3, -0.25) is 4.79 Å². The second-order valence-electron chi connectivity index (χ2n) is 6.06. The Bertz CT molecular complexity index is 697. The van der Waals surface area contributed by atoms with Gasteiger partial charge in [-0.15, -0.1) is 10.2 Å². The first kappa shape index (κ1) is 17.2. The van der Waals surface area contributed by atoms with Gasteiger partial charge in [-0.1, -0.05) is 54.1 Å². The highest BCUT2D eigenvalue weighted by atomic mass is 32.2. The summed E-state index contributed by atoms with van der Waals surface area (Å²) in [6, 6.07) is 8.41. The van der Waals surface area contributed by atoms with Gasteiger partial charge in [-0.2, -0.15) is 0 Å². The fraction of sp³-hybridized carbons (Fsp3) is 0.471. The molecule has 1 heterocycles. The number of hydrogen-bond acceptors (Lipinski definition) is 6. The van der Waals surface area contributed by atoms with Crippen molar-refractivity contribution in [3.05, 3.63) is 29.8 Å². The Balaban J connectivity index is 1.55. The molecule has 1 saturated carbocycles. The van der Waals surface area contributed by atoms with Crippen LogP contribution >= 0.6 is 23.1 Å². The second-order valence-corrected chi connectivity index (χ2v) is 8.63. The van der Waals surface area contributed by atoms with Crippen LogP contribution in [0, 0.1) is 6.92 Å². The molecule has 0 saturated heterocycles. The van der Waals surface area contributed by atoms with Crippen LogP contribution in [0.1, 0.15) is 38.2 Å². The molecule has 1 aliphatic rings. The van der Waals surface area contributed by atoms with Crippen molar-refractivity contribution in [1.29, 1.82) is 0 Å². The van der Waals surface area contributed by atoms with Crippen LogP contribution in [0.25, 0.3) is 0 Å². The first-order chi connectivity index (χ1) is 11.6. The molecule has 1 atom stereocenters. The van der Waals surface area contributed by atoms with Crippen molar-refractivity contribution < 1.29 is 4.79 Å². The summed E-state index contributed by atoms with van der Waals surface area (Å²) < 4.78 is 0.806. The number of aryl methyl sites for hydroxylation is 1. The Morgan fingerprint density at radius 1 is 1.29 bits per heavy atom. The van der Waals surface area contributed by atoms with E-state index >= 15 is 0 Å². The van der Waals surface area contributed by atoms with Gasteiger partial charge in [0.1, 0.15) is 0 Å². The lowest BCUT2D eigenvalue weighted by molar-refractivity contribution is -0.120. The number of carbonyl (C=O) groups excluding carboxylic acids is 1. The molecule has 3 rings (SSSR count). The topological polar surface area (TPSA) is 66.9 Å². The molecule has 0 aliphatic heterocycles. The molecule has 0 radical (unpaired) electrons. The SMILES string of the molecule is Cc1ccccc1Nc1nnc(S[C@H](C)C(=O)NC2CCCC2)s1. The minimum Gasteiger partial charge on any atom is -0.352 e. The number of rotatable bonds is 6. The zero-order chi connectivity index (χ0) is 16.9. The van der Waals surface area contributed by atoms with E-state index in [1.54, 1.807) is 0 Å². The third kappa shape index (κ3) is 4.48. The Kier molecular flexibility index (Phi) is 5.73. The van der Waals surface area contributed by atoms with E-state index in [0.29, 0.717) is 6.04 Å². The van der Waals surface area contributed by atoms with E-state index in [9.17, 15) is 4.79 Å². The van der Waals surface area contributed by atoms with Crippen LogP contribution in [-0.2, 0) is 4.79 Å². The maximum Gasteiger partial charge on any atom is 0.233 e. The molecular formula is C17H22N4OS2. The zero-order valence-electron chi connectivity index (χ0n) is 13.9. The van der Waals surface area contributed by atoms with E-state index in [0.717, 1.165) is 33.6 Å². The van der Waals surface area contributed by atoms with Gasteiger partial charge in [-0.25, -0.2) is 0 Å². The third-order valence-corrected chi connectivity index (χ3v) is 6.16. The fourth-order valence-electron chi connectivity index (χ4n) is 2.73. The first-order valence-electron chi connectivity index (χ1n) is 8.25. The lowest BCUT2D eigenvalue weighted by Gasteiger charge is -2.15. The maximum atomic E-state index is 12.3. The highest BCUT2D eigenvalue weighted by Gasteiger charge is 2.22. The van der Waals surface area contributed by atoms with Gasteiger partial charge in [0.05, 0.1) is 5.25 Å². The van der Waals surface area contributed by atoms with Crippen molar-refractivity contribution in [3.8, 4) is 0 Å². The van der Waals surface area contributed by atoms with Gasteiger partial charge >= 0.3 is 0 Å². The van der Waals surface area contributed by atoms with Crippen molar-refractivity contribution in [2.24, 2.45) is 0 Å². The highest BCUT2D eigenvalue weighted by Crippen LogP contribution is 2.31. The van der Waals surface area contributed by atoms with Crippen molar-refractivity contribution in [2.75, 3.05) is 5.32 Å². The van der Waals surface area contributed by atoms with E-state index in [1.807, 2.05) is 25.1 Å². The van der Waals surface area contributed by atoms with Gasteiger partial charge in [0.2, 0.25) is 11.0 Å². The third-order valence-electron chi connectivity index (χ3n) is 4.14. The molecule has 2 N–H and O–H groups in total. The summed E-state index contributed by atoms with van der Waals surface area (Å²) in [5.74, 6) is 0.0931. The lowest BCUT2D eigenvalue weighted by atomic mass is 10.2. The van der Waals surface area contributed by atoms with Crippen LogP contribution in [0.4, 0.5) is 10.8 Å². The van der Waals surface area contributed by atoms with Crippen LogP contribution in [0.5, 0.6) is 0 Å².